The fourth-order valence-electron chi connectivity index (χ4n) is 13.6. The van der Waals surface area contributed by atoms with E-state index in [1.54, 1.807) is 6.08 Å². The van der Waals surface area contributed by atoms with E-state index in [0.29, 0.717) is 12.8 Å². The van der Waals surface area contributed by atoms with Crippen LogP contribution in [0.1, 0.15) is 322 Å². The summed E-state index contributed by atoms with van der Waals surface area (Å²) in [6.07, 6.45) is 49.8. The summed E-state index contributed by atoms with van der Waals surface area (Å²) in [5.41, 5.74) is 0. The first-order valence-corrected chi connectivity index (χ1v) is 40.4. The zero-order valence-electron chi connectivity index (χ0n) is 62.0. The summed E-state index contributed by atoms with van der Waals surface area (Å²) in [5.74, 6) is -0.280. The van der Waals surface area contributed by atoms with Gasteiger partial charge in [0.05, 0.1) is 38.6 Å². The van der Waals surface area contributed by atoms with Crippen LogP contribution in [-0.2, 0) is 33.2 Å². The summed E-state index contributed by atoms with van der Waals surface area (Å²) >= 11 is 0. The molecule has 1 amide bonds. The van der Waals surface area contributed by atoms with Crippen molar-refractivity contribution in [1.29, 1.82) is 0 Å². The zero-order chi connectivity index (χ0) is 71.8. The molecule has 0 aliphatic carbocycles. The number of nitrogens with one attached hydrogen (secondary N) is 1. The summed E-state index contributed by atoms with van der Waals surface area (Å²) < 4.78 is 34.4. The molecule has 580 valence electrons. The van der Waals surface area contributed by atoms with E-state index < -0.39 is 124 Å². The van der Waals surface area contributed by atoms with Crippen LogP contribution in [0.2, 0.25) is 0 Å². The number of aliphatic hydroxyl groups is 11. The topological polar surface area (TPSA) is 307 Å². The molecule has 0 spiro atoms. The van der Waals surface area contributed by atoms with E-state index in [1.807, 2.05) is 6.08 Å². The first kappa shape index (κ1) is 91.0. The Labute approximate surface area is 599 Å². The number of hydrogen-bond donors (Lipinski definition) is 12. The van der Waals surface area contributed by atoms with Gasteiger partial charge in [0.25, 0.3) is 0 Å². The number of hydrogen-bond acceptors (Lipinski definition) is 18. The molecule has 3 fully saturated rings. The van der Waals surface area contributed by atoms with Gasteiger partial charge < -0.3 is 89.9 Å². The minimum atomic E-state index is -1.98. The molecule has 3 aliphatic rings. The minimum absolute atomic E-state index is 0.239. The Balaban J connectivity index is 1.32. The van der Waals surface area contributed by atoms with Crippen LogP contribution in [0.15, 0.2) is 48.6 Å². The standard InChI is InChI=1S/C80H147NO18/c1-3-5-7-9-11-13-15-17-19-21-22-23-24-25-26-27-28-29-30-31-32-33-34-35-36-37-38-39-40-42-44-46-48-50-52-54-56-58-68(86)81-63(64(85)57-55-53-51-49-47-45-43-41-20-18-16-14-12-10-8-6-4-2)62-94-78-74(92)71(89)76(66(60-83)96-78)99-80-75(93)72(90)77(67(61-84)97-80)98-79-73(91)70(88)69(87)65(59-82)95-79/h15,17,21-22,47,49,55,57,63-67,69-80,82-85,87-93H,3-14,16,18-20,23-46,48,50-54,56,58-62H2,1-2H3,(H,81,86)/b17-15-,22-21-,49-47+,57-55+. The molecule has 0 aromatic heterocycles. The molecule has 17 atom stereocenters. The monoisotopic (exact) mass is 1410 g/mol. The Bertz CT molecular complexity index is 1980. The third-order valence-electron chi connectivity index (χ3n) is 20.1. The Hall–Kier alpha value is -2.25. The average molecular weight is 1410 g/mol. The minimum Gasteiger partial charge on any atom is -0.394 e. The van der Waals surface area contributed by atoms with Crippen LogP contribution in [0.4, 0.5) is 0 Å². The summed E-state index contributed by atoms with van der Waals surface area (Å²) in [5, 5.41) is 121. The highest BCUT2D eigenvalue weighted by atomic mass is 16.8. The molecule has 0 saturated carbocycles. The van der Waals surface area contributed by atoms with Crippen LogP contribution in [0.25, 0.3) is 0 Å². The molecule has 99 heavy (non-hydrogen) atoms. The van der Waals surface area contributed by atoms with Gasteiger partial charge in [-0.05, 0) is 64.2 Å². The van der Waals surface area contributed by atoms with Gasteiger partial charge in [0.2, 0.25) is 5.91 Å². The zero-order valence-corrected chi connectivity index (χ0v) is 62.0. The fraction of sp³-hybridized carbons (Fsp3) is 0.887. The van der Waals surface area contributed by atoms with Crippen molar-refractivity contribution >= 4 is 5.91 Å². The van der Waals surface area contributed by atoms with Gasteiger partial charge >= 0.3 is 0 Å². The predicted octanol–water partition coefficient (Wildman–Crippen LogP) is 13.3. The van der Waals surface area contributed by atoms with Crippen molar-refractivity contribution in [3.8, 4) is 0 Å². The first-order chi connectivity index (χ1) is 48.3. The van der Waals surface area contributed by atoms with Crippen LogP contribution in [0.3, 0.4) is 0 Å². The van der Waals surface area contributed by atoms with Crippen LogP contribution >= 0.6 is 0 Å². The lowest BCUT2D eigenvalue weighted by molar-refractivity contribution is -0.379. The maximum absolute atomic E-state index is 13.5. The van der Waals surface area contributed by atoms with Gasteiger partial charge in [-0.2, -0.15) is 0 Å². The molecular formula is C80H147NO18. The largest absolute Gasteiger partial charge is 0.394 e. The van der Waals surface area contributed by atoms with E-state index in [0.717, 1.165) is 44.9 Å². The van der Waals surface area contributed by atoms with Gasteiger partial charge in [0.15, 0.2) is 18.9 Å². The fourth-order valence-corrected chi connectivity index (χ4v) is 13.6. The van der Waals surface area contributed by atoms with Crippen molar-refractivity contribution in [2.45, 2.75) is 426 Å². The van der Waals surface area contributed by atoms with Gasteiger partial charge in [-0.1, -0.05) is 300 Å². The number of rotatable bonds is 64. The van der Waals surface area contributed by atoms with Crippen LogP contribution in [0.5, 0.6) is 0 Å². The van der Waals surface area contributed by atoms with Crippen molar-refractivity contribution in [2.24, 2.45) is 0 Å². The molecule has 12 N–H and O–H groups in total. The average Bonchev–Trinajstić information content (AvgIpc) is 0.786. The number of carbonyl (C=O) groups excluding carboxylic acids is 1. The molecule has 0 radical (unpaired) electrons. The van der Waals surface area contributed by atoms with Crippen LogP contribution in [-0.4, -0.2) is 193 Å². The van der Waals surface area contributed by atoms with Crippen molar-refractivity contribution in [1.82, 2.24) is 5.32 Å². The van der Waals surface area contributed by atoms with E-state index >= 15 is 0 Å². The second-order valence-corrected chi connectivity index (χ2v) is 28.9. The van der Waals surface area contributed by atoms with E-state index in [4.69, 9.17) is 28.4 Å². The lowest BCUT2D eigenvalue weighted by Gasteiger charge is -2.48. The lowest BCUT2D eigenvalue weighted by atomic mass is 9.96. The molecule has 3 aliphatic heterocycles. The van der Waals surface area contributed by atoms with E-state index in [1.165, 1.54) is 244 Å². The maximum Gasteiger partial charge on any atom is 0.220 e. The highest BCUT2D eigenvalue weighted by Gasteiger charge is 2.54. The Kier molecular flexibility index (Phi) is 56.0. The van der Waals surface area contributed by atoms with E-state index in [9.17, 15) is 61.0 Å². The summed E-state index contributed by atoms with van der Waals surface area (Å²) in [6, 6.07) is -0.989. The number of amides is 1. The second kappa shape index (κ2) is 61.0. The van der Waals surface area contributed by atoms with Crippen LogP contribution in [0, 0.1) is 0 Å². The van der Waals surface area contributed by atoms with Crippen LogP contribution < -0.4 is 5.32 Å². The number of allylic oxidation sites excluding steroid dienone is 7. The molecule has 17 unspecified atom stereocenters. The molecule has 0 aromatic rings. The molecule has 19 nitrogen and oxygen atoms in total. The van der Waals surface area contributed by atoms with Crippen molar-refractivity contribution in [2.75, 3.05) is 26.4 Å². The van der Waals surface area contributed by atoms with Gasteiger partial charge in [-0.25, -0.2) is 0 Å². The Morgan fingerprint density at radius 3 is 1.07 bits per heavy atom. The van der Waals surface area contributed by atoms with Crippen molar-refractivity contribution < 1.29 is 89.4 Å². The molecule has 3 rings (SSSR count). The molecular weight excluding hydrogens is 1260 g/mol. The predicted molar refractivity (Wildman–Crippen MR) is 392 cm³/mol. The third-order valence-corrected chi connectivity index (χ3v) is 20.1. The van der Waals surface area contributed by atoms with E-state index in [2.05, 4.69) is 55.6 Å². The number of aliphatic hydroxyl groups excluding tert-OH is 11. The van der Waals surface area contributed by atoms with Gasteiger partial charge in [0.1, 0.15) is 73.2 Å². The smallest absolute Gasteiger partial charge is 0.220 e. The molecule has 0 bridgehead atoms. The Morgan fingerprint density at radius 2 is 0.677 bits per heavy atom. The molecule has 3 saturated heterocycles. The normalized spacial score (nSPS) is 26.8. The van der Waals surface area contributed by atoms with Gasteiger partial charge in [-0.15, -0.1) is 0 Å². The van der Waals surface area contributed by atoms with Gasteiger partial charge in [-0.3, -0.25) is 4.79 Å². The maximum atomic E-state index is 13.5. The summed E-state index contributed by atoms with van der Waals surface area (Å²) in [7, 11) is 0. The SMILES string of the molecule is CCCCCCC/C=C\C/C=C\CCCCCCCCCCCCCCCCCCCCCCCCCCCC(=O)NC(COC1OC(CO)C(OC2OC(CO)C(OC3OC(CO)C(O)C(O)C3O)C(O)C2O)C(O)C1O)C(O)/C=C/CC/C=C/CCCCCCCCCCCCC. The highest BCUT2D eigenvalue weighted by molar-refractivity contribution is 5.76. The second-order valence-electron chi connectivity index (χ2n) is 28.9. The number of carbonyl (C=O) groups is 1. The quantitative estimate of drug-likeness (QED) is 0.0199. The number of unbranched alkanes of at least 4 members (excludes halogenated alkanes) is 42. The van der Waals surface area contributed by atoms with Gasteiger partial charge in [0, 0.05) is 6.42 Å². The molecule has 3 heterocycles. The van der Waals surface area contributed by atoms with E-state index in [-0.39, 0.29) is 18.9 Å². The van der Waals surface area contributed by atoms with Crippen molar-refractivity contribution in [3.05, 3.63) is 48.6 Å². The molecule has 19 heteroatoms. The first-order valence-electron chi connectivity index (χ1n) is 40.4. The van der Waals surface area contributed by atoms with Crippen molar-refractivity contribution in [3.63, 3.8) is 0 Å². The summed E-state index contributed by atoms with van der Waals surface area (Å²) in [6.45, 7) is 1.74. The summed E-state index contributed by atoms with van der Waals surface area (Å²) in [4.78, 5) is 13.5. The lowest BCUT2D eigenvalue weighted by Crippen LogP contribution is -2.66. The number of ether oxygens (including phenoxy) is 6. The third kappa shape index (κ3) is 41.3. The highest BCUT2D eigenvalue weighted by Crippen LogP contribution is 2.33. The molecule has 0 aromatic carbocycles. The Morgan fingerprint density at radius 1 is 0.364 bits per heavy atom.